The number of amides is 1. The molecule has 0 aromatic carbocycles. The lowest BCUT2D eigenvalue weighted by Gasteiger charge is -2.40. The summed E-state index contributed by atoms with van der Waals surface area (Å²) in [5.41, 5.74) is 1.46. The number of carbonyl (C=O) groups is 1. The number of piperidine rings is 1. The van der Waals surface area contributed by atoms with Crippen LogP contribution in [-0.2, 0) is 16.1 Å². The van der Waals surface area contributed by atoms with Gasteiger partial charge >= 0.3 is 0 Å². The highest BCUT2D eigenvalue weighted by Gasteiger charge is 2.38. The number of hydrogen-bond acceptors (Lipinski definition) is 4. The third kappa shape index (κ3) is 3.26. The van der Waals surface area contributed by atoms with Crippen LogP contribution in [0.3, 0.4) is 0 Å². The Morgan fingerprint density at radius 2 is 2.24 bits per heavy atom. The summed E-state index contributed by atoms with van der Waals surface area (Å²) in [5, 5.41) is 11.7. The third-order valence-corrected chi connectivity index (χ3v) is 4.35. The number of rotatable bonds is 2. The highest BCUT2D eigenvalue weighted by atomic mass is 16.5. The standard InChI is InChI=1S/C15H20N4O2/c16-9-13-7-12(10-18-13)11-19-4-1-15(2-5-19)8-14(20)17-3-6-21-15/h7,10,18H,1-6,8,11H2,(H,17,20). The Labute approximate surface area is 124 Å². The second-order valence-electron chi connectivity index (χ2n) is 5.87. The molecule has 2 aliphatic rings. The first-order chi connectivity index (χ1) is 10.2. The first-order valence-electron chi connectivity index (χ1n) is 7.40. The zero-order valence-corrected chi connectivity index (χ0v) is 12.0. The van der Waals surface area contributed by atoms with Crippen LogP contribution in [0.5, 0.6) is 0 Å². The molecule has 0 bridgehead atoms. The predicted molar refractivity (Wildman–Crippen MR) is 76.3 cm³/mol. The van der Waals surface area contributed by atoms with Gasteiger partial charge in [-0.25, -0.2) is 0 Å². The van der Waals surface area contributed by atoms with Gasteiger partial charge in [-0.3, -0.25) is 9.69 Å². The topological polar surface area (TPSA) is 81.2 Å². The number of likely N-dealkylation sites (tertiary alicyclic amines) is 1. The monoisotopic (exact) mass is 288 g/mol. The fourth-order valence-corrected chi connectivity index (χ4v) is 3.16. The molecule has 6 heteroatoms. The molecule has 0 unspecified atom stereocenters. The lowest BCUT2D eigenvalue weighted by atomic mass is 9.87. The molecule has 2 aliphatic heterocycles. The van der Waals surface area contributed by atoms with Crippen LogP contribution in [0, 0.1) is 11.3 Å². The summed E-state index contributed by atoms with van der Waals surface area (Å²) >= 11 is 0. The number of H-pyrrole nitrogens is 1. The molecule has 2 saturated heterocycles. The van der Waals surface area contributed by atoms with Gasteiger partial charge in [0.15, 0.2) is 0 Å². The van der Waals surface area contributed by atoms with E-state index in [1.54, 1.807) is 0 Å². The van der Waals surface area contributed by atoms with Crippen LogP contribution in [-0.4, -0.2) is 47.6 Å². The number of nitrogens with zero attached hydrogens (tertiary/aromatic N) is 2. The second-order valence-corrected chi connectivity index (χ2v) is 5.87. The van der Waals surface area contributed by atoms with Crippen LogP contribution in [0.4, 0.5) is 0 Å². The molecule has 2 N–H and O–H groups in total. The van der Waals surface area contributed by atoms with Crippen LogP contribution < -0.4 is 5.32 Å². The van der Waals surface area contributed by atoms with E-state index >= 15 is 0 Å². The maximum absolute atomic E-state index is 11.7. The molecule has 0 atom stereocenters. The fourth-order valence-electron chi connectivity index (χ4n) is 3.16. The van der Waals surface area contributed by atoms with Crippen LogP contribution in [0.15, 0.2) is 12.3 Å². The van der Waals surface area contributed by atoms with Crippen molar-refractivity contribution >= 4 is 5.91 Å². The number of nitriles is 1. The van der Waals surface area contributed by atoms with Gasteiger partial charge in [0.1, 0.15) is 11.8 Å². The van der Waals surface area contributed by atoms with Gasteiger partial charge in [-0.05, 0) is 24.5 Å². The van der Waals surface area contributed by atoms with Crippen LogP contribution in [0.1, 0.15) is 30.5 Å². The van der Waals surface area contributed by atoms with E-state index < -0.39 is 0 Å². The van der Waals surface area contributed by atoms with E-state index in [0.717, 1.165) is 38.0 Å². The van der Waals surface area contributed by atoms with E-state index in [1.165, 1.54) is 0 Å². The van der Waals surface area contributed by atoms with Crippen molar-refractivity contribution in [3.63, 3.8) is 0 Å². The van der Waals surface area contributed by atoms with Crippen molar-refractivity contribution in [1.82, 2.24) is 15.2 Å². The molecular formula is C15H20N4O2. The molecule has 3 heterocycles. The van der Waals surface area contributed by atoms with Gasteiger partial charge in [0.05, 0.1) is 18.6 Å². The number of ether oxygens (including phenoxy) is 1. The lowest BCUT2D eigenvalue weighted by molar-refractivity contribution is -0.128. The second kappa shape index (κ2) is 5.88. The average Bonchev–Trinajstić information content (AvgIpc) is 2.86. The zero-order chi connectivity index (χ0) is 14.7. The van der Waals surface area contributed by atoms with Gasteiger partial charge in [0.2, 0.25) is 5.91 Å². The van der Waals surface area contributed by atoms with Crippen molar-refractivity contribution in [3.05, 3.63) is 23.5 Å². The van der Waals surface area contributed by atoms with Crippen molar-refractivity contribution in [2.75, 3.05) is 26.2 Å². The molecule has 21 heavy (non-hydrogen) atoms. The van der Waals surface area contributed by atoms with Gasteiger partial charge in [0, 0.05) is 32.4 Å². The Bertz CT molecular complexity index is 552. The van der Waals surface area contributed by atoms with E-state index in [9.17, 15) is 4.79 Å². The first-order valence-corrected chi connectivity index (χ1v) is 7.40. The van der Waals surface area contributed by atoms with Crippen molar-refractivity contribution < 1.29 is 9.53 Å². The summed E-state index contributed by atoms with van der Waals surface area (Å²) in [6.07, 6.45) is 4.13. The van der Waals surface area contributed by atoms with Crippen molar-refractivity contribution in [1.29, 1.82) is 5.26 Å². The molecule has 2 fully saturated rings. The molecule has 0 aliphatic carbocycles. The average molecular weight is 288 g/mol. The Balaban J connectivity index is 1.57. The molecule has 1 amide bonds. The lowest BCUT2D eigenvalue weighted by Crippen LogP contribution is -2.46. The highest BCUT2D eigenvalue weighted by Crippen LogP contribution is 2.31. The van der Waals surface area contributed by atoms with Crippen molar-refractivity contribution in [3.8, 4) is 6.07 Å². The molecule has 3 rings (SSSR count). The molecule has 112 valence electrons. The van der Waals surface area contributed by atoms with E-state index in [1.807, 2.05) is 12.3 Å². The van der Waals surface area contributed by atoms with Gasteiger partial charge in [-0.2, -0.15) is 5.26 Å². The Morgan fingerprint density at radius 1 is 1.43 bits per heavy atom. The molecule has 0 radical (unpaired) electrons. The molecule has 1 aromatic rings. The van der Waals surface area contributed by atoms with Crippen molar-refractivity contribution in [2.24, 2.45) is 0 Å². The third-order valence-electron chi connectivity index (χ3n) is 4.35. The SMILES string of the molecule is N#Cc1cc(CN2CCC3(CC2)CC(=O)NCCO3)c[nH]1. The van der Waals surface area contributed by atoms with Crippen LogP contribution in [0.2, 0.25) is 0 Å². The summed E-state index contributed by atoms with van der Waals surface area (Å²) in [6.45, 7) is 3.89. The molecule has 1 spiro atoms. The van der Waals surface area contributed by atoms with Crippen molar-refractivity contribution in [2.45, 2.75) is 31.4 Å². The largest absolute Gasteiger partial charge is 0.373 e. The minimum Gasteiger partial charge on any atom is -0.373 e. The smallest absolute Gasteiger partial charge is 0.222 e. The molecule has 6 nitrogen and oxygen atoms in total. The number of carbonyl (C=O) groups excluding carboxylic acids is 1. The number of aromatic amines is 1. The van der Waals surface area contributed by atoms with Gasteiger partial charge in [-0.1, -0.05) is 0 Å². The summed E-state index contributed by atoms with van der Waals surface area (Å²) in [6, 6.07) is 3.99. The number of nitrogens with one attached hydrogen (secondary N) is 2. The van der Waals surface area contributed by atoms with Gasteiger partial charge in [0.25, 0.3) is 0 Å². The molecule has 1 aromatic heterocycles. The molecule has 0 saturated carbocycles. The Hall–Kier alpha value is -1.84. The van der Waals surface area contributed by atoms with Crippen LogP contribution >= 0.6 is 0 Å². The summed E-state index contributed by atoms with van der Waals surface area (Å²) < 4.78 is 5.96. The minimum absolute atomic E-state index is 0.102. The minimum atomic E-state index is -0.271. The van der Waals surface area contributed by atoms with E-state index in [-0.39, 0.29) is 11.5 Å². The quantitative estimate of drug-likeness (QED) is 0.842. The zero-order valence-electron chi connectivity index (χ0n) is 12.0. The van der Waals surface area contributed by atoms with Gasteiger partial charge in [-0.15, -0.1) is 0 Å². The summed E-state index contributed by atoms with van der Waals surface area (Å²) in [5.74, 6) is 0.102. The predicted octanol–water partition coefficient (Wildman–Crippen LogP) is 0.757. The van der Waals surface area contributed by atoms with E-state index in [0.29, 0.717) is 25.3 Å². The van der Waals surface area contributed by atoms with E-state index in [4.69, 9.17) is 10.00 Å². The normalized spacial score (nSPS) is 22.5. The van der Waals surface area contributed by atoms with Gasteiger partial charge < -0.3 is 15.0 Å². The number of hydrogen-bond donors (Lipinski definition) is 2. The highest BCUT2D eigenvalue weighted by molar-refractivity contribution is 5.77. The van der Waals surface area contributed by atoms with Crippen LogP contribution in [0.25, 0.3) is 0 Å². The fraction of sp³-hybridized carbons (Fsp3) is 0.600. The van der Waals surface area contributed by atoms with E-state index in [2.05, 4.69) is 21.3 Å². The first kappa shape index (κ1) is 14.1. The maximum atomic E-state index is 11.7. The number of aromatic nitrogens is 1. The maximum Gasteiger partial charge on any atom is 0.222 e. The Morgan fingerprint density at radius 3 is 2.95 bits per heavy atom. The summed E-state index contributed by atoms with van der Waals surface area (Å²) in [7, 11) is 0. The Kier molecular flexibility index (Phi) is 3.95. The molecular weight excluding hydrogens is 268 g/mol. The summed E-state index contributed by atoms with van der Waals surface area (Å²) in [4.78, 5) is 17.0.